The number of rotatable bonds is 6. The van der Waals surface area contributed by atoms with Crippen LogP contribution in [0.2, 0.25) is 10.0 Å². The van der Waals surface area contributed by atoms with E-state index < -0.39 is 5.60 Å². The standard InChI is InChI=1S/C25H21BrCl2N2O3S/c26-14-6-7-19-20(10-14)34-24(29-19)25(31)9-8-15(11-25)32-12-16-22(30-33-23(16)13-4-5-13)21-17(27)2-1-3-18(21)28/h1-3,6-7,10,13,15,31H,4-5,8-9,11-12H2. The van der Waals surface area contributed by atoms with Crippen LogP contribution in [0.15, 0.2) is 45.4 Å². The molecule has 5 nitrogen and oxygen atoms in total. The number of benzene rings is 2. The third-order valence-corrected chi connectivity index (χ3v) is 8.96. The van der Waals surface area contributed by atoms with Crippen LogP contribution in [-0.4, -0.2) is 21.4 Å². The molecule has 0 amide bonds. The van der Waals surface area contributed by atoms with Gasteiger partial charge in [0.2, 0.25) is 0 Å². The fraction of sp³-hybridized carbons (Fsp3) is 0.360. The molecule has 2 unspecified atom stereocenters. The quantitative estimate of drug-likeness (QED) is 0.252. The first-order valence-corrected chi connectivity index (χ1v) is 13.6. The van der Waals surface area contributed by atoms with Gasteiger partial charge in [-0.1, -0.05) is 50.4 Å². The fourth-order valence-corrected chi connectivity index (χ4v) is 6.88. The number of aliphatic hydroxyl groups is 1. The van der Waals surface area contributed by atoms with E-state index >= 15 is 0 Å². The molecule has 2 heterocycles. The highest BCUT2D eigenvalue weighted by molar-refractivity contribution is 9.10. The molecule has 0 aliphatic heterocycles. The van der Waals surface area contributed by atoms with E-state index in [-0.39, 0.29) is 6.10 Å². The van der Waals surface area contributed by atoms with E-state index in [2.05, 4.69) is 21.1 Å². The molecule has 6 rings (SSSR count). The summed E-state index contributed by atoms with van der Waals surface area (Å²) in [4.78, 5) is 4.71. The molecule has 0 spiro atoms. The van der Waals surface area contributed by atoms with E-state index in [9.17, 15) is 5.11 Å². The van der Waals surface area contributed by atoms with Gasteiger partial charge in [-0.2, -0.15) is 0 Å². The van der Waals surface area contributed by atoms with Gasteiger partial charge in [0, 0.05) is 27.9 Å². The van der Waals surface area contributed by atoms with Crippen molar-refractivity contribution in [1.82, 2.24) is 10.1 Å². The first-order chi connectivity index (χ1) is 16.4. The number of hydrogen-bond acceptors (Lipinski definition) is 6. The van der Waals surface area contributed by atoms with Crippen molar-refractivity contribution < 1.29 is 14.4 Å². The van der Waals surface area contributed by atoms with E-state index in [0.717, 1.165) is 50.3 Å². The van der Waals surface area contributed by atoms with Crippen molar-refractivity contribution in [3.8, 4) is 11.3 Å². The monoisotopic (exact) mass is 578 g/mol. The van der Waals surface area contributed by atoms with Gasteiger partial charge in [-0.15, -0.1) is 11.3 Å². The van der Waals surface area contributed by atoms with Gasteiger partial charge < -0.3 is 14.4 Å². The van der Waals surface area contributed by atoms with Crippen LogP contribution in [-0.2, 0) is 16.9 Å². The first kappa shape index (κ1) is 23.0. The van der Waals surface area contributed by atoms with Crippen molar-refractivity contribution in [2.24, 2.45) is 0 Å². The van der Waals surface area contributed by atoms with Crippen molar-refractivity contribution in [3.05, 3.63) is 67.2 Å². The molecular weight excluding hydrogens is 559 g/mol. The maximum atomic E-state index is 11.4. The molecule has 2 aliphatic rings. The van der Waals surface area contributed by atoms with Crippen molar-refractivity contribution in [1.29, 1.82) is 0 Å². The van der Waals surface area contributed by atoms with E-state index in [1.165, 1.54) is 0 Å². The molecule has 4 aromatic rings. The Morgan fingerprint density at radius 3 is 2.74 bits per heavy atom. The van der Waals surface area contributed by atoms with Crippen molar-refractivity contribution >= 4 is 60.7 Å². The molecule has 2 atom stereocenters. The molecule has 2 aliphatic carbocycles. The van der Waals surface area contributed by atoms with E-state index in [0.29, 0.717) is 46.7 Å². The lowest BCUT2D eigenvalue weighted by atomic mass is 10.0. The Morgan fingerprint density at radius 2 is 1.97 bits per heavy atom. The van der Waals surface area contributed by atoms with Crippen molar-refractivity contribution in [3.63, 3.8) is 0 Å². The second kappa shape index (κ2) is 8.87. The van der Waals surface area contributed by atoms with Crippen LogP contribution in [0, 0.1) is 0 Å². The van der Waals surface area contributed by atoms with Crippen molar-refractivity contribution in [2.45, 2.75) is 56.3 Å². The van der Waals surface area contributed by atoms with E-state index in [1.807, 2.05) is 24.3 Å². The lowest BCUT2D eigenvalue weighted by Crippen LogP contribution is -2.23. The van der Waals surface area contributed by atoms with Crippen LogP contribution in [0.1, 0.15) is 54.4 Å². The Bertz CT molecular complexity index is 1370. The molecule has 2 aromatic heterocycles. The molecule has 2 aromatic carbocycles. The molecule has 9 heteroatoms. The van der Waals surface area contributed by atoms with Crippen LogP contribution in [0.3, 0.4) is 0 Å². The van der Waals surface area contributed by atoms with Crippen LogP contribution < -0.4 is 0 Å². The second-order valence-corrected chi connectivity index (χ2v) is 11.8. The fourth-order valence-electron chi connectivity index (χ4n) is 4.66. The maximum Gasteiger partial charge on any atom is 0.145 e. The van der Waals surface area contributed by atoms with Gasteiger partial charge in [-0.25, -0.2) is 4.98 Å². The normalized spacial score (nSPS) is 22.6. The number of hydrogen-bond donors (Lipinski definition) is 1. The average Bonchev–Trinajstić information content (AvgIpc) is 3.23. The highest BCUT2D eigenvalue weighted by atomic mass is 79.9. The third kappa shape index (κ3) is 4.21. The SMILES string of the molecule is OC1(c2nc3ccc(Br)cc3s2)CCC(OCc2c(-c3c(Cl)cccc3Cl)noc2C2CC2)C1. The molecule has 2 saturated carbocycles. The van der Waals surface area contributed by atoms with Gasteiger partial charge in [0.05, 0.1) is 33.0 Å². The molecule has 1 N–H and O–H groups in total. The van der Waals surface area contributed by atoms with Gasteiger partial charge in [-0.05, 0) is 56.0 Å². The third-order valence-electron chi connectivity index (χ3n) is 6.62. The molecule has 176 valence electrons. The van der Waals surface area contributed by atoms with E-state index in [4.69, 9.17) is 37.4 Å². The Kier molecular flexibility index (Phi) is 5.99. The summed E-state index contributed by atoms with van der Waals surface area (Å²) >= 11 is 18.0. The molecule has 2 fully saturated rings. The molecule has 0 saturated heterocycles. The highest BCUT2D eigenvalue weighted by Crippen LogP contribution is 2.47. The average molecular weight is 580 g/mol. The van der Waals surface area contributed by atoms with Crippen LogP contribution in [0.5, 0.6) is 0 Å². The smallest absolute Gasteiger partial charge is 0.145 e. The summed E-state index contributed by atoms with van der Waals surface area (Å²) in [6.45, 7) is 0.333. The Hall–Kier alpha value is -1.48. The maximum absolute atomic E-state index is 11.4. The Morgan fingerprint density at radius 1 is 1.18 bits per heavy atom. The lowest BCUT2D eigenvalue weighted by molar-refractivity contribution is -0.00108. The summed E-state index contributed by atoms with van der Waals surface area (Å²) in [5.74, 6) is 1.22. The summed E-state index contributed by atoms with van der Waals surface area (Å²) in [6, 6.07) is 11.4. The minimum atomic E-state index is -0.982. The van der Waals surface area contributed by atoms with Gasteiger partial charge in [-0.3, -0.25) is 0 Å². The number of thiazole rings is 1. The highest BCUT2D eigenvalue weighted by Gasteiger charge is 2.42. The van der Waals surface area contributed by atoms with Crippen LogP contribution in [0.4, 0.5) is 0 Å². The minimum Gasteiger partial charge on any atom is -0.383 e. The number of halogens is 3. The number of aromatic nitrogens is 2. The predicted octanol–water partition coefficient (Wildman–Crippen LogP) is 7.85. The van der Waals surface area contributed by atoms with Crippen LogP contribution in [0.25, 0.3) is 21.5 Å². The topological polar surface area (TPSA) is 68.4 Å². The minimum absolute atomic E-state index is 0.0970. The zero-order valence-electron chi connectivity index (χ0n) is 18.1. The Labute approximate surface area is 219 Å². The molecular formula is C25H21BrCl2N2O3S. The lowest BCUT2D eigenvalue weighted by Gasteiger charge is -2.20. The summed E-state index contributed by atoms with van der Waals surface area (Å²) in [6.07, 6.45) is 3.92. The Balaban J connectivity index is 1.23. The summed E-state index contributed by atoms with van der Waals surface area (Å²) in [5, 5.41) is 17.6. The number of fused-ring (bicyclic) bond motifs is 1. The number of nitrogens with zero attached hydrogens (tertiary/aromatic N) is 2. The summed E-state index contributed by atoms with van der Waals surface area (Å²) in [5.41, 5.74) is 2.13. The summed E-state index contributed by atoms with van der Waals surface area (Å²) < 4.78 is 14.1. The zero-order chi connectivity index (χ0) is 23.4. The van der Waals surface area contributed by atoms with Crippen molar-refractivity contribution in [2.75, 3.05) is 0 Å². The summed E-state index contributed by atoms with van der Waals surface area (Å²) in [7, 11) is 0. The van der Waals surface area contributed by atoms with Gasteiger partial charge >= 0.3 is 0 Å². The largest absolute Gasteiger partial charge is 0.383 e. The van der Waals surface area contributed by atoms with Gasteiger partial charge in [0.25, 0.3) is 0 Å². The van der Waals surface area contributed by atoms with Crippen LogP contribution >= 0.6 is 50.5 Å². The predicted molar refractivity (Wildman–Crippen MR) is 138 cm³/mol. The molecule has 0 radical (unpaired) electrons. The first-order valence-electron chi connectivity index (χ1n) is 11.2. The molecule has 0 bridgehead atoms. The van der Waals surface area contributed by atoms with E-state index in [1.54, 1.807) is 23.5 Å². The molecule has 34 heavy (non-hydrogen) atoms. The second-order valence-electron chi connectivity index (χ2n) is 9.08. The van der Waals surface area contributed by atoms with Gasteiger partial charge in [0.15, 0.2) is 0 Å². The zero-order valence-corrected chi connectivity index (χ0v) is 22.0. The number of ether oxygens (including phenoxy) is 1. The van der Waals surface area contributed by atoms with Gasteiger partial charge in [0.1, 0.15) is 22.1 Å².